The van der Waals surface area contributed by atoms with Gasteiger partial charge in [-0.1, -0.05) is 0 Å². The predicted octanol–water partition coefficient (Wildman–Crippen LogP) is 2.42. The van der Waals surface area contributed by atoms with Crippen molar-refractivity contribution in [3.63, 3.8) is 0 Å². The number of hydrogen-bond acceptors (Lipinski definition) is 4. The Morgan fingerprint density at radius 3 is 2.89 bits per heavy atom. The lowest BCUT2D eigenvalue weighted by Gasteiger charge is -2.08. The zero-order valence-corrected chi connectivity index (χ0v) is 11.2. The highest BCUT2D eigenvalue weighted by molar-refractivity contribution is 7.07. The summed E-state index contributed by atoms with van der Waals surface area (Å²) in [5, 5.41) is 7.84. The molecule has 5 heteroatoms. The molecule has 0 bridgehead atoms. The fourth-order valence-electron chi connectivity index (χ4n) is 1.66. The van der Waals surface area contributed by atoms with E-state index in [1.165, 1.54) is 11.3 Å². The minimum absolute atomic E-state index is 0.0665. The van der Waals surface area contributed by atoms with Gasteiger partial charge < -0.3 is 10.6 Å². The summed E-state index contributed by atoms with van der Waals surface area (Å²) in [6, 6.07) is 5.68. The highest BCUT2D eigenvalue weighted by Gasteiger charge is 2.09. The number of carbonyl (C=O) groups excluding carboxylic acids is 1. The molecule has 0 aliphatic rings. The summed E-state index contributed by atoms with van der Waals surface area (Å²) < 4.78 is 0. The summed E-state index contributed by atoms with van der Waals surface area (Å²) in [6.45, 7) is 2.40. The Labute approximate surface area is 110 Å². The second-order valence-electron chi connectivity index (χ2n) is 3.94. The van der Waals surface area contributed by atoms with E-state index in [0.29, 0.717) is 12.1 Å². The van der Waals surface area contributed by atoms with Crippen molar-refractivity contribution < 1.29 is 4.79 Å². The zero-order chi connectivity index (χ0) is 13.0. The van der Waals surface area contributed by atoms with E-state index in [1.807, 2.05) is 37.6 Å². The molecule has 0 fully saturated rings. The third-order valence-electron chi connectivity index (χ3n) is 2.67. The van der Waals surface area contributed by atoms with Crippen molar-refractivity contribution in [2.24, 2.45) is 0 Å². The van der Waals surface area contributed by atoms with Crippen molar-refractivity contribution in [2.45, 2.75) is 13.5 Å². The Bertz CT molecular complexity index is 537. The fraction of sp³-hybridized carbons (Fsp3) is 0.231. The lowest BCUT2D eigenvalue weighted by molar-refractivity contribution is 0.0950. The molecule has 4 nitrogen and oxygen atoms in total. The Morgan fingerprint density at radius 1 is 1.44 bits per heavy atom. The van der Waals surface area contributed by atoms with Crippen LogP contribution in [0.1, 0.15) is 21.6 Å². The van der Waals surface area contributed by atoms with Crippen molar-refractivity contribution in [1.29, 1.82) is 0 Å². The highest BCUT2D eigenvalue weighted by atomic mass is 32.1. The van der Waals surface area contributed by atoms with E-state index in [1.54, 1.807) is 5.51 Å². The number of benzene rings is 1. The first-order valence-corrected chi connectivity index (χ1v) is 6.58. The van der Waals surface area contributed by atoms with Gasteiger partial charge in [-0.2, -0.15) is 0 Å². The molecular weight excluding hydrogens is 246 g/mol. The van der Waals surface area contributed by atoms with Crippen LogP contribution in [0.2, 0.25) is 0 Å². The van der Waals surface area contributed by atoms with Crippen LogP contribution in [0.4, 0.5) is 5.69 Å². The van der Waals surface area contributed by atoms with Crippen LogP contribution in [0, 0.1) is 6.92 Å². The molecule has 18 heavy (non-hydrogen) atoms. The monoisotopic (exact) mass is 261 g/mol. The van der Waals surface area contributed by atoms with E-state index in [0.717, 1.165) is 16.9 Å². The van der Waals surface area contributed by atoms with Gasteiger partial charge in [0, 0.05) is 23.7 Å². The van der Waals surface area contributed by atoms with Gasteiger partial charge in [-0.25, -0.2) is 4.98 Å². The van der Waals surface area contributed by atoms with Crippen LogP contribution in [0.3, 0.4) is 0 Å². The molecule has 1 aromatic carbocycles. The third-order valence-corrected chi connectivity index (χ3v) is 3.31. The van der Waals surface area contributed by atoms with Crippen molar-refractivity contribution >= 4 is 22.9 Å². The zero-order valence-electron chi connectivity index (χ0n) is 10.4. The van der Waals surface area contributed by atoms with E-state index in [4.69, 9.17) is 0 Å². The van der Waals surface area contributed by atoms with Crippen molar-refractivity contribution in [1.82, 2.24) is 10.3 Å². The predicted molar refractivity (Wildman–Crippen MR) is 74.0 cm³/mol. The number of nitrogens with zero attached hydrogens (tertiary/aromatic N) is 1. The summed E-state index contributed by atoms with van der Waals surface area (Å²) in [4.78, 5) is 16.1. The van der Waals surface area contributed by atoms with E-state index >= 15 is 0 Å². The molecule has 1 aromatic heterocycles. The molecule has 94 valence electrons. The second kappa shape index (κ2) is 5.64. The average molecular weight is 261 g/mol. The summed E-state index contributed by atoms with van der Waals surface area (Å²) >= 11 is 1.52. The Balaban J connectivity index is 2.04. The first-order valence-electron chi connectivity index (χ1n) is 5.64. The largest absolute Gasteiger partial charge is 0.388 e. The molecule has 0 radical (unpaired) electrons. The van der Waals surface area contributed by atoms with Gasteiger partial charge >= 0.3 is 0 Å². The van der Waals surface area contributed by atoms with Crippen LogP contribution >= 0.6 is 11.3 Å². The highest BCUT2D eigenvalue weighted by Crippen LogP contribution is 2.14. The van der Waals surface area contributed by atoms with Gasteiger partial charge in [-0.3, -0.25) is 4.79 Å². The maximum atomic E-state index is 12.0. The molecule has 2 rings (SSSR count). The molecule has 2 N–H and O–H groups in total. The number of anilines is 1. The van der Waals surface area contributed by atoms with Gasteiger partial charge in [0.1, 0.15) is 0 Å². The number of hydrogen-bond donors (Lipinski definition) is 2. The molecule has 0 spiro atoms. The van der Waals surface area contributed by atoms with Gasteiger partial charge in [0.25, 0.3) is 5.91 Å². The van der Waals surface area contributed by atoms with Crippen molar-refractivity contribution in [3.05, 3.63) is 45.9 Å². The topological polar surface area (TPSA) is 54.0 Å². The van der Waals surface area contributed by atoms with Crippen LogP contribution in [0.15, 0.2) is 29.1 Å². The fourth-order valence-corrected chi connectivity index (χ4v) is 2.22. The van der Waals surface area contributed by atoms with Gasteiger partial charge in [0.05, 0.1) is 17.7 Å². The van der Waals surface area contributed by atoms with Crippen molar-refractivity contribution in [3.8, 4) is 0 Å². The molecule has 0 aliphatic carbocycles. The van der Waals surface area contributed by atoms with E-state index in [-0.39, 0.29) is 5.91 Å². The van der Waals surface area contributed by atoms with E-state index in [2.05, 4.69) is 15.6 Å². The number of nitrogens with one attached hydrogen (secondary N) is 2. The lowest BCUT2D eigenvalue weighted by atomic mass is 10.1. The first-order chi connectivity index (χ1) is 8.70. The van der Waals surface area contributed by atoms with Gasteiger partial charge in [0.2, 0.25) is 0 Å². The van der Waals surface area contributed by atoms with Crippen molar-refractivity contribution in [2.75, 3.05) is 12.4 Å². The van der Waals surface area contributed by atoms with Crippen LogP contribution < -0.4 is 10.6 Å². The number of carbonyl (C=O) groups is 1. The maximum Gasteiger partial charge on any atom is 0.251 e. The smallest absolute Gasteiger partial charge is 0.251 e. The van der Waals surface area contributed by atoms with Gasteiger partial charge in [-0.15, -0.1) is 11.3 Å². The molecule has 0 unspecified atom stereocenters. The minimum Gasteiger partial charge on any atom is -0.388 e. The number of amides is 1. The minimum atomic E-state index is -0.0665. The molecular formula is C13H15N3OS. The molecule has 0 aliphatic heterocycles. The number of aromatic nitrogens is 1. The SMILES string of the molecule is CNc1ccc(C(=O)NCc2cscn2)c(C)c1. The lowest BCUT2D eigenvalue weighted by Crippen LogP contribution is -2.23. The molecule has 1 amide bonds. The molecule has 0 atom stereocenters. The van der Waals surface area contributed by atoms with Crippen LogP contribution in [-0.2, 0) is 6.54 Å². The van der Waals surface area contributed by atoms with E-state index < -0.39 is 0 Å². The molecule has 2 aromatic rings. The van der Waals surface area contributed by atoms with Gasteiger partial charge in [0.15, 0.2) is 0 Å². The first kappa shape index (κ1) is 12.6. The summed E-state index contributed by atoms with van der Waals surface area (Å²) in [5.74, 6) is -0.0665. The quantitative estimate of drug-likeness (QED) is 0.888. The standard InChI is InChI=1S/C13H15N3OS/c1-9-5-10(14-2)3-4-12(9)13(17)15-6-11-7-18-8-16-11/h3-5,7-8,14H,6H2,1-2H3,(H,15,17). The Morgan fingerprint density at radius 2 is 2.28 bits per heavy atom. The number of rotatable bonds is 4. The average Bonchev–Trinajstić information content (AvgIpc) is 2.88. The third kappa shape index (κ3) is 2.87. The molecule has 1 heterocycles. The second-order valence-corrected chi connectivity index (χ2v) is 4.66. The number of aryl methyl sites for hydroxylation is 1. The van der Waals surface area contributed by atoms with Crippen LogP contribution in [-0.4, -0.2) is 17.9 Å². The molecule has 0 saturated carbocycles. The van der Waals surface area contributed by atoms with Gasteiger partial charge in [-0.05, 0) is 30.7 Å². The normalized spacial score (nSPS) is 10.1. The summed E-state index contributed by atoms with van der Waals surface area (Å²) in [7, 11) is 1.86. The molecule has 0 saturated heterocycles. The maximum absolute atomic E-state index is 12.0. The van der Waals surface area contributed by atoms with Crippen LogP contribution in [0.5, 0.6) is 0 Å². The Kier molecular flexibility index (Phi) is 3.94. The summed E-state index contributed by atoms with van der Waals surface area (Å²) in [6.07, 6.45) is 0. The van der Waals surface area contributed by atoms with Crippen LogP contribution in [0.25, 0.3) is 0 Å². The summed E-state index contributed by atoms with van der Waals surface area (Å²) in [5.41, 5.74) is 5.30. The van der Waals surface area contributed by atoms with E-state index in [9.17, 15) is 4.79 Å². The number of thiazole rings is 1. The Hall–Kier alpha value is -1.88.